The quantitative estimate of drug-likeness (QED) is 0.698. The molecule has 0 amide bonds. The number of esters is 1. The van der Waals surface area contributed by atoms with Gasteiger partial charge in [0.25, 0.3) is 0 Å². The van der Waals surface area contributed by atoms with Crippen molar-refractivity contribution in [1.29, 1.82) is 0 Å². The minimum absolute atomic E-state index is 0.0134. The molecular weight excluding hydrogens is 290 g/mol. The van der Waals surface area contributed by atoms with Crippen molar-refractivity contribution in [3.8, 4) is 11.3 Å². The van der Waals surface area contributed by atoms with E-state index in [9.17, 15) is 9.59 Å². The van der Waals surface area contributed by atoms with E-state index in [2.05, 4.69) is 0 Å². The second kappa shape index (κ2) is 6.08. The third-order valence-corrected chi connectivity index (χ3v) is 3.97. The molecule has 0 unspecified atom stereocenters. The number of hydrogen-bond acceptors (Lipinski definition) is 3. The summed E-state index contributed by atoms with van der Waals surface area (Å²) in [5, 5.41) is 0.605. The molecule has 0 bridgehead atoms. The zero-order valence-corrected chi connectivity index (χ0v) is 13.1. The molecule has 1 aromatic heterocycles. The number of nitrogens with zero attached hydrogens (tertiary/aromatic N) is 1. The predicted molar refractivity (Wildman–Crippen MR) is 90.4 cm³/mol. The van der Waals surface area contributed by atoms with Crippen LogP contribution in [0.2, 0.25) is 0 Å². The van der Waals surface area contributed by atoms with Gasteiger partial charge in [0.05, 0.1) is 18.3 Å². The second-order valence-electron chi connectivity index (χ2n) is 5.35. The molecule has 116 valence electrons. The summed E-state index contributed by atoms with van der Waals surface area (Å²) in [5.41, 5.74) is 2.99. The fourth-order valence-electron chi connectivity index (χ4n) is 2.86. The fourth-order valence-corrected chi connectivity index (χ4v) is 2.86. The van der Waals surface area contributed by atoms with Crippen LogP contribution >= 0.6 is 0 Å². The van der Waals surface area contributed by atoms with Gasteiger partial charge in [-0.15, -0.1) is 0 Å². The Morgan fingerprint density at radius 1 is 1.04 bits per heavy atom. The van der Waals surface area contributed by atoms with Crippen LogP contribution in [0.25, 0.3) is 22.2 Å². The van der Waals surface area contributed by atoms with Gasteiger partial charge >= 0.3 is 5.97 Å². The van der Waals surface area contributed by atoms with Crippen molar-refractivity contribution in [2.75, 3.05) is 7.11 Å². The third kappa shape index (κ3) is 2.63. The molecule has 0 aliphatic carbocycles. The lowest BCUT2D eigenvalue weighted by Crippen LogP contribution is -2.20. The number of methoxy groups -OCH3 is 1. The van der Waals surface area contributed by atoms with Crippen LogP contribution in [-0.2, 0) is 16.1 Å². The molecule has 0 fully saturated rings. The summed E-state index contributed by atoms with van der Waals surface area (Å²) in [6, 6.07) is 16.9. The maximum absolute atomic E-state index is 12.7. The van der Waals surface area contributed by atoms with Crippen molar-refractivity contribution >= 4 is 16.9 Å². The maximum Gasteiger partial charge on any atom is 0.325 e. The van der Waals surface area contributed by atoms with Gasteiger partial charge < -0.3 is 9.30 Å². The summed E-state index contributed by atoms with van der Waals surface area (Å²) in [4.78, 5) is 24.6. The number of aromatic nitrogens is 1. The van der Waals surface area contributed by atoms with Gasteiger partial charge in [0, 0.05) is 10.9 Å². The topological polar surface area (TPSA) is 48.3 Å². The molecule has 4 nitrogen and oxygen atoms in total. The molecule has 4 heteroatoms. The predicted octanol–water partition coefficient (Wildman–Crippen LogP) is 3.15. The van der Waals surface area contributed by atoms with Crippen LogP contribution in [0.15, 0.2) is 59.4 Å². The molecule has 0 saturated heterocycles. The van der Waals surface area contributed by atoms with E-state index in [-0.39, 0.29) is 17.9 Å². The molecule has 1 heterocycles. The normalized spacial score (nSPS) is 10.7. The molecule has 0 aliphatic rings. The van der Waals surface area contributed by atoms with Crippen LogP contribution < -0.4 is 5.43 Å². The first-order chi connectivity index (χ1) is 11.1. The molecule has 0 spiro atoms. The average molecular weight is 307 g/mol. The van der Waals surface area contributed by atoms with Gasteiger partial charge in [-0.25, -0.2) is 0 Å². The van der Waals surface area contributed by atoms with Gasteiger partial charge in [-0.3, -0.25) is 9.59 Å². The smallest absolute Gasteiger partial charge is 0.325 e. The van der Waals surface area contributed by atoms with E-state index in [1.54, 1.807) is 13.0 Å². The Hall–Kier alpha value is -2.88. The van der Waals surface area contributed by atoms with Crippen LogP contribution in [0.1, 0.15) is 5.56 Å². The van der Waals surface area contributed by atoms with Crippen molar-refractivity contribution in [3.63, 3.8) is 0 Å². The highest BCUT2D eigenvalue weighted by atomic mass is 16.5. The van der Waals surface area contributed by atoms with Crippen LogP contribution in [0.5, 0.6) is 0 Å². The Balaban J connectivity index is 2.41. The molecule has 3 aromatic rings. The van der Waals surface area contributed by atoms with Crippen molar-refractivity contribution < 1.29 is 9.53 Å². The summed E-state index contributed by atoms with van der Waals surface area (Å²) in [6.07, 6.45) is 0. The minimum Gasteiger partial charge on any atom is -0.468 e. The maximum atomic E-state index is 12.7. The van der Waals surface area contributed by atoms with E-state index >= 15 is 0 Å². The summed E-state index contributed by atoms with van der Waals surface area (Å²) in [5.74, 6) is -0.351. The summed E-state index contributed by atoms with van der Waals surface area (Å²) >= 11 is 0. The number of rotatable bonds is 3. The zero-order valence-electron chi connectivity index (χ0n) is 13.1. The van der Waals surface area contributed by atoms with E-state index in [1.165, 1.54) is 7.11 Å². The SMILES string of the molecule is COC(=O)Cn1c(-c2ccccc2)c(C)c(=O)c2ccccc21. The highest BCUT2D eigenvalue weighted by molar-refractivity contribution is 5.86. The summed E-state index contributed by atoms with van der Waals surface area (Å²) in [7, 11) is 1.36. The number of carbonyl (C=O) groups excluding carboxylic acids is 1. The average Bonchev–Trinajstić information content (AvgIpc) is 2.60. The van der Waals surface area contributed by atoms with Gasteiger partial charge in [-0.2, -0.15) is 0 Å². The fraction of sp³-hybridized carbons (Fsp3) is 0.158. The van der Waals surface area contributed by atoms with E-state index in [4.69, 9.17) is 4.74 Å². The van der Waals surface area contributed by atoms with Crippen LogP contribution in [0.4, 0.5) is 0 Å². The standard InChI is InChI=1S/C19H17NO3/c1-13-18(14-8-4-3-5-9-14)20(12-17(21)23-2)16-11-7-6-10-15(16)19(13)22/h3-11H,12H2,1-2H3. The summed E-state index contributed by atoms with van der Waals surface area (Å²) in [6.45, 7) is 1.85. The lowest BCUT2D eigenvalue weighted by molar-refractivity contribution is -0.141. The Morgan fingerprint density at radius 2 is 1.70 bits per heavy atom. The number of carbonyl (C=O) groups is 1. The largest absolute Gasteiger partial charge is 0.468 e. The lowest BCUT2D eigenvalue weighted by Gasteiger charge is -2.18. The monoisotopic (exact) mass is 307 g/mol. The molecule has 0 atom stereocenters. The molecule has 0 N–H and O–H groups in total. The highest BCUT2D eigenvalue weighted by Crippen LogP contribution is 2.26. The molecule has 0 radical (unpaired) electrons. The number of ether oxygens (including phenoxy) is 1. The van der Waals surface area contributed by atoms with E-state index in [1.807, 2.05) is 53.1 Å². The van der Waals surface area contributed by atoms with Crippen molar-refractivity contribution in [2.24, 2.45) is 0 Å². The van der Waals surface area contributed by atoms with Crippen molar-refractivity contribution in [1.82, 2.24) is 4.57 Å². The third-order valence-electron chi connectivity index (χ3n) is 3.97. The van der Waals surface area contributed by atoms with E-state index in [0.717, 1.165) is 16.8 Å². The van der Waals surface area contributed by atoms with Crippen molar-refractivity contribution in [2.45, 2.75) is 13.5 Å². The number of para-hydroxylation sites is 1. The Bertz CT molecular complexity index is 926. The van der Waals surface area contributed by atoms with E-state index < -0.39 is 0 Å². The van der Waals surface area contributed by atoms with Crippen LogP contribution in [0.3, 0.4) is 0 Å². The Morgan fingerprint density at radius 3 is 2.39 bits per heavy atom. The lowest BCUT2D eigenvalue weighted by atomic mass is 10.0. The first-order valence-corrected chi connectivity index (χ1v) is 7.38. The number of fused-ring (bicyclic) bond motifs is 1. The first-order valence-electron chi connectivity index (χ1n) is 7.38. The van der Waals surface area contributed by atoms with Crippen LogP contribution in [-0.4, -0.2) is 17.6 Å². The molecule has 23 heavy (non-hydrogen) atoms. The zero-order chi connectivity index (χ0) is 16.4. The van der Waals surface area contributed by atoms with Crippen molar-refractivity contribution in [3.05, 3.63) is 70.4 Å². The number of pyridine rings is 1. The number of benzene rings is 2. The van der Waals surface area contributed by atoms with Gasteiger partial charge in [0.1, 0.15) is 6.54 Å². The van der Waals surface area contributed by atoms with Gasteiger partial charge in [-0.1, -0.05) is 42.5 Å². The molecule has 0 aliphatic heterocycles. The number of hydrogen-bond donors (Lipinski definition) is 0. The summed E-state index contributed by atoms with van der Waals surface area (Å²) < 4.78 is 6.68. The van der Waals surface area contributed by atoms with E-state index in [0.29, 0.717) is 10.9 Å². The van der Waals surface area contributed by atoms with Crippen LogP contribution in [0, 0.1) is 6.92 Å². The minimum atomic E-state index is -0.351. The molecule has 2 aromatic carbocycles. The Labute approximate surface area is 133 Å². The van der Waals surface area contributed by atoms with Gasteiger partial charge in [-0.05, 0) is 24.6 Å². The van der Waals surface area contributed by atoms with Gasteiger partial charge in [0.2, 0.25) is 0 Å². The Kier molecular flexibility index (Phi) is 3.98. The molecular formula is C19H17NO3. The molecule has 0 saturated carbocycles. The molecule has 3 rings (SSSR count). The van der Waals surface area contributed by atoms with Gasteiger partial charge in [0.15, 0.2) is 5.43 Å². The second-order valence-corrected chi connectivity index (χ2v) is 5.35. The first kappa shape index (κ1) is 15.0. The highest BCUT2D eigenvalue weighted by Gasteiger charge is 2.17.